The molecule has 1 fully saturated rings. The lowest BCUT2D eigenvalue weighted by Crippen LogP contribution is -2.45. The van der Waals surface area contributed by atoms with Gasteiger partial charge in [-0.3, -0.25) is 0 Å². The first-order valence-corrected chi connectivity index (χ1v) is 11.2. The largest absolute Gasteiger partial charge is 0.325 e. The van der Waals surface area contributed by atoms with Crippen LogP contribution in [0.15, 0.2) is 36.0 Å². The number of aromatic nitrogens is 2. The van der Waals surface area contributed by atoms with Crippen molar-refractivity contribution >= 4 is 5.78 Å². The Bertz CT molecular complexity index is 1090. The van der Waals surface area contributed by atoms with Crippen molar-refractivity contribution < 1.29 is 4.79 Å². The number of carbonyl (C=O) groups excluding carboxylic acids is 1. The molecular formula is C26H29N3O. The van der Waals surface area contributed by atoms with Gasteiger partial charge in [-0.05, 0) is 43.1 Å². The van der Waals surface area contributed by atoms with E-state index < -0.39 is 0 Å². The number of nitrogens with zero attached hydrogens (tertiary/aromatic N) is 3. The molecule has 4 nitrogen and oxygen atoms in total. The third kappa shape index (κ3) is 2.71. The maximum Gasteiger partial charge on any atom is 0.226 e. The second kappa shape index (κ2) is 6.67. The van der Waals surface area contributed by atoms with Crippen molar-refractivity contribution in [2.45, 2.75) is 70.8 Å². The predicted molar refractivity (Wildman–Crippen MR) is 118 cm³/mol. The lowest BCUT2D eigenvalue weighted by molar-refractivity contribution is -0.121. The van der Waals surface area contributed by atoms with E-state index in [2.05, 4.69) is 54.4 Å². The zero-order valence-electron chi connectivity index (χ0n) is 18.3. The van der Waals surface area contributed by atoms with Crippen molar-refractivity contribution in [2.75, 3.05) is 0 Å². The Morgan fingerprint density at radius 1 is 1.20 bits per heavy atom. The minimum absolute atomic E-state index is 0.00190. The fourth-order valence-electron chi connectivity index (χ4n) is 5.65. The molecule has 0 bridgehead atoms. The SMILES string of the molecule is [C-]#[N+]C1=C[C@@]2(C)c3nc(-c4ccc(C(C)C)cc4)n(C4CC4)c3CC[C@@H]2[C@@H](C)C1=O. The summed E-state index contributed by atoms with van der Waals surface area (Å²) in [5, 5.41) is 0. The second-order valence-electron chi connectivity index (χ2n) is 9.83. The molecule has 4 heteroatoms. The van der Waals surface area contributed by atoms with Crippen molar-refractivity contribution in [3.63, 3.8) is 0 Å². The summed E-state index contributed by atoms with van der Waals surface area (Å²) in [6.07, 6.45) is 6.28. The molecule has 1 aromatic heterocycles. The van der Waals surface area contributed by atoms with Crippen LogP contribution in [0.1, 0.15) is 75.9 Å². The van der Waals surface area contributed by atoms with Crippen LogP contribution in [0.5, 0.6) is 0 Å². The Morgan fingerprint density at radius 3 is 2.50 bits per heavy atom. The molecule has 0 radical (unpaired) electrons. The van der Waals surface area contributed by atoms with Crippen LogP contribution >= 0.6 is 0 Å². The molecule has 3 aliphatic rings. The summed E-state index contributed by atoms with van der Waals surface area (Å²) in [6, 6.07) is 9.37. The van der Waals surface area contributed by atoms with E-state index in [1.807, 2.05) is 13.0 Å². The third-order valence-corrected chi connectivity index (χ3v) is 7.56. The summed E-state index contributed by atoms with van der Waals surface area (Å²) < 4.78 is 2.48. The van der Waals surface area contributed by atoms with Crippen LogP contribution in [0.3, 0.4) is 0 Å². The summed E-state index contributed by atoms with van der Waals surface area (Å²) >= 11 is 0. The average Bonchev–Trinajstić information content (AvgIpc) is 3.50. The van der Waals surface area contributed by atoms with Gasteiger partial charge < -0.3 is 9.36 Å². The maximum atomic E-state index is 12.7. The van der Waals surface area contributed by atoms with Crippen molar-refractivity contribution in [1.29, 1.82) is 0 Å². The first-order valence-electron chi connectivity index (χ1n) is 11.2. The number of carbonyl (C=O) groups is 1. The third-order valence-electron chi connectivity index (χ3n) is 7.56. The highest BCUT2D eigenvalue weighted by Gasteiger charge is 2.50. The number of allylic oxidation sites excluding steroid dienone is 2. The molecule has 154 valence electrons. The average molecular weight is 400 g/mol. The van der Waals surface area contributed by atoms with E-state index in [0.29, 0.717) is 12.0 Å². The summed E-state index contributed by atoms with van der Waals surface area (Å²) in [7, 11) is 0. The van der Waals surface area contributed by atoms with E-state index in [0.717, 1.165) is 29.9 Å². The van der Waals surface area contributed by atoms with Gasteiger partial charge >= 0.3 is 0 Å². The molecule has 1 aromatic carbocycles. The molecule has 0 spiro atoms. The number of Topliss-reactive ketones (excluding diaryl/α,β-unsaturated/α-hetero) is 1. The summed E-state index contributed by atoms with van der Waals surface area (Å²) in [6.45, 7) is 16.1. The van der Waals surface area contributed by atoms with Gasteiger partial charge in [-0.15, -0.1) is 0 Å². The first-order chi connectivity index (χ1) is 14.3. The van der Waals surface area contributed by atoms with Crippen LogP contribution < -0.4 is 0 Å². The minimum atomic E-state index is -0.354. The Hall–Kier alpha value is -2.67. The van der Waals surface area contributed by atoms with Crippen LogP contribution in [0.4, 0.5) is 0 Å². The normalized spacial score (nSPS) is 28.0. The van der Waals surface area contributed by atoms with Gasteiger partial charge in [0.25, 0.3) is 0 Å². The highest BCUT2D eigenvalue weighted by molar-refractivity contribution is 6.00. The number of hydrogen-bond donors (Lipinski definition) is 0. The molecule has 30 heavy (non-hydrogen) atoms. The van der Waals surface area contributed by atoms with Gasteiger partial charge in [0.1, 0.15) is 5.82 Å². The van der Waals surface area contributed by atoms with E-state index in [1.54, 1.807) is 0 Å². The van der Waals surface area contributed by atoms with Crippen molar-refractivity contribution in [3.05, 3.63) is 64.4 Å². The van der Waals surface area contributed by atoms with Crippen LogP contribution in [0.2, 0.25) is 0 Å². The Balaban J connectivity index is 1.69. The molecule has 0 unspecified atom stereocenters. The van der Waals surface area contributed by atoms with E-state index in [9.17, 15) is 4.79 Å². The fraction of sp³-hybridized carbons (Fsp3) is 0.500. The van der Waals surface area contributed by atoms with Gasteiger partial charge in [-0.25, -0.2) is 9.83 Å². The predicted octanol–water partition coefficient (Wildman–Crippen LogP) is 5.85. The molecular weight excluding hydrogens is 370 g/mol. The van der Waals surface area contributed by atoms with E-state index in [-0.39, 0.29) is 28.7 Å². The lowest BCUT2D eigenvalue weighted by Gasteiger charge is -2.44. The molecule has 1 heterocycles. The van der Waals surface area contributed by atoms with Crippen LogP contribution in [0, 0.1) is 18.4 Å². The van der Waals surface area contributed by atoms with Crippen molar-refractivity contribution in [3.8, 4) is 11.4 Å². The van der Waals surface area contributed by atoms with Crippen LogP contribution in [-0.2, 0) is 16.6 Å². The molecule has 1 saturated carbocycles. The maximum absolute atomic E-state index is 12.7. The highest BCUT2D eigenvalue weighted by atomic mass is 16.1. The zero-order chi connectivity index (χ0) is 21.2. The summed E-state index contributed by atoms with van der Waals surface area (Å²) in [5.74, 6) is 1.65. The van der Waals surface area contributed by atoms with Crippen molar-refractivity contribution in [1.82, 2.24) is 9.55 Å². The van der Waals surface area contributed by atoms with Gasteiger partial charge in [0.15, 0.2) is 5.78 Å². The lowest BCUT2D eigenvalue weighted by atomic mass is 9.59. The number of benzene rings is 1. The van der Waals surface area contributed by atoms with Crippen LogP contribution in [0.25, 0.3) is 16.2 Å². The number of imidazole rings is 1. The molecule has 0 N–H and O–H groups in total. The topological polar surface area (TPSA) is 39.2 Å². The van der Waals surface area contributed by atoms with Crippen LogP contribution in [-0.4, -0.2) is 15.3 Å². The summed E-state index contributed by atoms with van der Waals surface area (Å²) in [5.41, 5.74) is 4.85. The van der Waals surface area contributed by atoms with Gasteiger partial charge in [0.05, 0.1) is 12.3 Å². The zero-order valence-corrected chi connectivity index (χ0v) is 18.3. The van der Waals surface area contributed by atoms with E-state index in [1.165, 1.54) is 24.1 Å². The smallest absolute Gasteiger partial charge is 0.226 e. The van der Waals surface area contributed by atoms with Gasteiger partial charge in [0.2, 0.25) is 5.70 Å². The molecule has 0 amide bonds. The quantitative estimate of drug-likeness (QED) is 0.607. The molecule has 0 saturated heterocycles. The van der Waals surface area contributed by atoms with Gasteiger partial charge in [-0.1, -0.05) is 58.0 Å². The minimum Gasteiger partial charge on any atom is -0.325 e. The Labute approximate surface area is 178 Å². The Morgan fingerprint density at radius 2 is 1.90 bits per heavy atom. The number of ketones is 1. The standard InChI is InChI=1S/C26H29N3O/c1-15(2)17-6-8-18(9-7-17)25-28-24-22(29(25)19-10-11-19)13-12-20-16(3)23(30)21(27-5)14-26(20,24)4/h6-9,14-16,19-20H,10-13H2,1-4H3/t16-,20-,26-/m1/s1. The number of hydrogen-bond acceptors (Lipinski definition) is 2. The number of rotatable bonds is 3. The highest BCUT2D eigenvalue weighted by Crippen LogP contribution is 2.52. The van der Waals surface area contributed by atoms with Gasteiger partial charge in [-0.2, -0.15) is 0 Å². The van der Waals surface area contributed by atoms with E-state index >= 15 is 0 Å². The van der Waals surface area contributed by atoms with Gasteiger partial charge in [0, 0.05) is 28.6 Å². The molecule has 3 aliphatic carbocycles. The molecule has 0 aliphatic heterocycles. The monoisotopic (exact) mass is 399 g/mol. The second-order valence-corrected chi connectivity index (χ2v) is 9.83. The fourth-order valence-corrected chi connectivity index (χ4v) is 5.65. The Kier molecular flexibility index (Phi) is 4.29. The first kappa shape index (κ1) is 19.3. The molecule has 3 atom stereocenters. The molecule has 5 rings (SSSR count). The van der Waals surface area contributed by atoms with E-state index in [4.69, 9.17) is 11.6 Å². The number of fused-ring (bicyclic) bond motifs is 3. The van der Waals surface area contributed by atoms with Crippen molar-refractivity contribution in [2.24, 2.45) is 11.8 Å². The summed E-state index contributed by atoms with van der Waals surface area (Å²) in [4.78, 5) is 21.5. The molecule has 2 aromatic rings.